The summed E-state index contributed by atoms with van der Waals surface area (Å²) in [5, 5.41) is 0. The third-order valence-electron chi connectivity index (χ3n) is 2.34. The Morgan fingerprint density at radius 2 is 1.89 bits per heavy atom. The number of hydrogen-bond donors (Lipinski definition) is 0. The summed E-state index contributed by atoms with van der Waals surface area (Å²) in [7, 11) is 1.83. The van der Waals surface area contributed by atoms with Crippen molar-refractivity contribution < 1.29 is 4.74 Å². The van der Waals surface area contributed by atoms with Crippen LogP contribution in [0.2, 0.25) is 0 Å². The van der Waals surface area contributed by atoms with Gasteiger partial charge in [-0.1, -0.05) is 19.8 Å². The number of hydrogen-bond acceptors (Lipinski definition) is 1. The molecule has 0 aromatic heterocycles. The van der Waals surface area contributed by atoms with E-state index in [2.05, 4.69) is 6.92 Å². The van der Waals surface area contributed by atoms with Gasteiger partial charge in [0, 0.05) is 7.11 Å². The molecule has 0 aromatic rings. The lowest BCUT2D eigenvalue weighted by Gasteiger charge is -2.26. The largest absolute Gasteiger partial charge is 0.381 e. The van der Waals surface area contributed by atoms with Gasteiger partial charge in [-0.05, 0) is 18.8 Å². The molecular formula is C8H16O. The van der Waals surface area contributed by atoms with Gasteiger partial charge in [-0.2, -0.15) is 0 Å². The molecule has 0 unspecified atom stereocenters. The van der Waals surface area contributed by atoms with Crippen LogP contribution in [0.5, 0.6) is 0 Å². The summed E-state index contributed by atoms with van der Waals surface area (Å²) >= 11 is 0. The van der Waals surface area contributed by atoms with Crippen LogP contribution in [0, 0.1) is 5.92 Å². The van der Waals surface area contributed by atoms with Crippen molar-refractivity contribution in [3.05, 3.63) is 0 Å². The maximum atomic E-state index is 5.30. The molecule has 0 bridgehead atoms. The molecule has 0 aliphatic heterocycles. The molecule has 1 fully saturated rings. The highest BCUT2D eigenvalue weighted by Gasteiger charge is 2.19. The Kier molecular flexibility index (Phi) is 2.52. The van der Waals surface area contributed by atoms with E-state index in [9.17, 15) is 0 Å². The maximum absolute atomic E-state index is 5.30. The van der Waals surface area contributed by atoms with Crippen molar-refractivity contribution in [3.63, 3.8) is 0 Å². The first-order valence-electron chi connectivity index (χ1n) is 3.87. The minimum atomic E-state index is 0.554. The van der Waals surface area contributed by atoms with Crippen LogP contribution >= 0.6 is 0 Å². The Morgan fingerprint density at radius 1 is 1.22 bits per heavy atom. The van der Waals surface area contributed by atoms with Gasteiger partial charge in [-0.15, -0.1) is 0 Å². The fraction of sp³-hybridized carbons (Fsp3) is 1.00. The zero-order valence-electron chi connectivity index (χ0n) is 6.39. The quantitative estimate of drug-likeness (QED) is 0.526. The molecule has 1 aliphatic carbocycles. The average Bonchev–Trinajstić information content (AvgIpc) is 1.89. The molecule has 1 aliphatic rings. The Bertz CT molecular complexity index is 80.6. The predicted octanol–water partition coefficient (Wildman–Crippen LogP) is 2.21. The molecule has 0 aromatic carbocycles. The number of methoxy groups -OCH3 is 1. The van der Waals surface area contributed by atoms with Crippen LogP contribution in [-0.4, -0.2) is 13.2 Å². The molecule has 1 saturated carbocycles. The molecule has 0 spiro atoms. The predicted molar refractivity (Wildman–Crippen MR) is 38.4 cm³/mol. The van der Waals surface area contributed by atoms with E-state index in [1.807, 2.05) is 7.11 Å². The number of rotatable bonds is 1. The fourth-order valence-corrected chi connectivity index (χ4v) is 1.63. The highest BCUT2D eigenvalue weighted by Crippen LogP contribution is 2.25. The molecule has 54 valence electrons. The maximum Gasteiger partial charge on any atom is 0.0596 e. The highest BCUT2D eigenvalue weighted by atomic mass is 16.5. The van der Waals surface area contributed by atoms with Crippen molar-refractivity contribution in [2.24, 2.45) is 5.92 Å². The SMILES string of the molecule is CO[C@@H]1CCCC[C@@H]1C. The second-order valence-corrected chi connectivity index (χ2v) is 3.04. The summed E-state index contributed by atoms with van der Waals surface area (Å²) in [5.41, 5.74) is 0. The van der Waals surface area contributed by atoms with Crippen molar-refractivity contribution in [2.75, 3.05) is 7.11 Å². The van der Waals surface area contributed by atoms with Crippen molar-refractivity contribution in [2.45, 2.75) is 38.7 Å². The normalized spacial score (nSPS) is 36.7. The molecule has 0 amide bonds. The van der Waals surface area contributed by atoms with Crippen LogP contribution in [0.1, 0.15) is 32.6 Å². The minimum Gasteiger partial charge on any atom is -0.381 e. The summed E-state index contributed by atoms with van der Waals surface area (Å²) < 4.78 is 5.30. The van der Waals surface area contributed by atoms with Crippen LogP contribution < -0.4 is 0 Å². The van der Waals surface area contributed by atoms with Gasteiger partial charge in [-0.25, -0.2) is 0 Å². The average molecular weight is 128 g/mol. The molecular weight excluding hydrogens is 112 g/mol. The summed E-state index contributed by atoms with van der Waals surface area (Å²) in [5.74, 6) is 0.795. The molecule has 0 radical (unpaired) electrons. The molecule has 0 N–H and O–H groups in total. The summed E-state index contributed by atoms with van der Waals surface area (Å²) in [6, 6.07) is 0. The molecule has 1 heteroatoms. The van der Waals surface area contributed by atoms with Crippen LogP contribution in [0.25, 0.3) is 0 Å². The van der Waals surface area contributed by atoms with E-state index in [1.165, 1.54) is 25.7 Å². The van der Waals surface area contributed by atoms with Gasteiger partial charge in [0.15, 0.2) is 0 Å². The Morgan fingerprint density at radius 3 is 2.33 bits per heavy atom. The van der Waals surface area contributed by atoms with E-state index >= 15 is 0 Å². The lowest BCUT2D eigenvalue weighted by atomic mass is 9.88. The summed E-state index contributed by atoms with van der Waals surface area (Å²) in [6.07, 6.45) is 5.96. The minimum absolute atomic E-state index is 0.554. The molecule has 0 saturated heterocycles. The zero-order chi connectivity index (χ0) is 6.69. The van der Waals surface area contributed by atoms with E-state index in [0.717, 1.165) is 5.92 Å². The van der Waals surface area contributed by atoms with Gasteiger partial charge in [-0.3, -0.25) is 0 Å². The lowest BCUT2D eigenvalue weighted by Crippen LogP contribution is -2.23. The molecule has 1 nitrogen and oxygen atoms in total. The van der Waals surface area contributed by atoms with E-state index in [-0.39, 0.29) is 0 Å². The standard InChI is InChI=1S/C8H16O/c1-7-5-3-4-6-8(7)9-2/h7-8H,3-6H2,1-2H3/t7-,8+/m0/s1. The van der Waals surface area contributed by atoms with Gasteiger partial charge in [0.2, 0.25) is 0 Å². The molecule has 9 heavy (non-hydrogen) atoms. The third kappa shape index (κ3) is 1.68. The van der Waals surface area contributed by atoms with Gasteiger partial charge >= 0.3 is 0 Å². The fourth-order valence-electron chi connectivity index (χ4n) is 1.63. The summed E-state index contributed by atoms with van der Waals surface area (Å²) in [6.45, 7) is 2.29. The van der Waals surface area contributed by atoms with Gasteiger partial charge in [0.25, 0.3) is 0 Å². The highest BCUT2D eigenvalue weighted by molar-refractivity contribution is 4.71. The van der Waals surface area contributed by atoms with Crippen LogP contribution in [0.4, 0.5) is 0 Å². The van der Waals surface area contributed by atoms with Crippen molar-refractivity contribution in [1.29, 1.82) is 0 Å². The first-order valence-corrected chi connectivity index (χ1v) is 3.87. The second-order valence-electron chi connectivity index (χ2n) is 3.04. The van der Waals surface area contributed by atoms with E-state index in [1.54, 1.807) is 0 Å². The second kappa shape index (κ2) is 3.21. The van der Waals surface area contributed by atoms with Crippen LogP contribution in [-0.2, 0) is 4.74 Å². The van der Waals surface area contributed by atoms with E-state index < -0.39 is 0 Å². The van der Waals surface area contributed by atoms with Gasteiger partial charge in [0.05, 0.1) is 6.10 Å². The Hall–Kier alpha value is -0.0400. The van der Waals surface area contributed by atoms with Crippen molar-refractivity contribution in [1.82, 2.24) is 0 Å². The Labute approximate surface area is 57.4 Å². The van der Waals surface area contributed by atoms with Gasteiger partial charge in [0.1, 0.15) is 0 Å². The zero-order valence-corrected chi connectivity index (χ0v) is 6.39. The lowest BCUT2D eigenvalue weighted by molar-refractivity contribution is 0.0310. The molecule has 1 rings (SSSR count). The monoisotopic (exact) mass is 128 g/mol. The van der Waals surface area contributed by atoms with Crippen molar-refractivity contribution >= 4 is 0 Å². The van der Waals surface area contributed by atoms with Crippen LogP contribution in [0.3, 0.4) is 0 Å². The van der Waals surface area contributed by atoms with E-state index in [4.69, 9.17) is 4.74 Å². The molecule has 0 heterocycles. The first-order chi connectivity index (χ1) is 4.34. The van der Waals surface area contributed by atoms with Gasteiger partial charge < -0.3 is 4.74 Å². The Balaban J connectivity index is 2.30. The smallest absolute Gasteiger partial charge is 0.0596 e. The van der Waals surface area contributed by atoms with Crippen molar-refractivity contribution in [3.8, 4) is 0 Å². The molecule has 2 atom stereocenters. The summed E-state index contributed by atoms with van der Waals surface area (Å²) in [4.78, 5) is 0. The number of ether oxygens (including phenoxy) is 1. The van der Waals surface area contributed by atoms with E-state index in [0.29, 0.717) is 6.10 Å². The van der Waals surface area contributed by atoms with Crippen LogP contribution in [0.15, 0.2) is 0 Å². The third-order valence-corrected chi connectivity index (χ3v) is 2.34. The first kappa shape index (κ1) is 7.07. The topological polar surface area (TPSA) is 9.23 Å².